The number of carbonyl (C=O) groups is 2. The Bertz CT molecular complexity index is 706. The molecule has 0 saturated heterocycles. The molecule has 8 heteroatoms. The van der Waals surface area contributed by atoms with Crippen molar-refractivity contribution in [3.8, 4) is 5.75 Å². The van der Waals surface area contributed by atoms with E-state index in [2.05, 4.69) is 6.58 Å². The summed E-state index contributed by atoms with van der Waals surface area (Å²) in [6.07, 6.45) is 4.07. The molecule has 2 unspecified atom stereocenters. The minimum absolute atomic E-state index is 0. The second-order valence-electron chi connectivity index (χ2n) is 6.33. The van der Waals surface area contributed by atoms with Gasteiger partial charge in [0.05, 0.1) is 11.0 Å². The molecule has 0 spiro atoms. The van der Waals surface area contributed by atoms with Gasteiger partial charge in [-0.25, -0.2) is 4.79 Å². The van der Waals surface area contributed by atoms with Gasteiger partial charge in [0.25, 0.3) is 0 Å². The Morgan fingerprint density at radius 3 is 2.54 bits per heavy atom. The number of carboxylic acids is 1. The first kappa shape index (κ1) is 26.0. The number of allylic oxidation sites excluding steroid dienone is 1. The predicted octanol–water partition coefficient (Wildman–Crippen LogP) is 4.35. The first-order valence-corrected chi connectivity index (χ1v) is 9.25. The van der Waals surface area contributed by atoms with Crippen LogP contribution in [0.1, 0.15) is 33.1 Å². The number of rotatable bonds is 11. The molecule has 1 rings (SSSR count). The van der Waals surface area contributed by atoms with Gasteiger partial charge in [-0.15, -0.1) is 0 Å². The van der Waals surface area contributed by atoms with Gasteiger partial charge in [0.15, 0.2) is 6.61 Å². The number of carbonyl (C=O) groups excluding carboxylic acids is 2. The number of esters is 1. The Balaban J connectivity index is 0.00000729. The molecule has 28 heavy (non-hydrogen) atoms. The minimum atomic E-state index is -1.21. The molecule has 1 aromatic rings. The smallest absolute Gasteiger partial charge is 0.344 e. The lowest BCUT2D eigenvalue weighted by Gasteiger charge is -2.20. The lowest BCUT2D eigenvalue weighted by Crippen LogP contribution is -2.24. The van der Waals surface area contributed by atoms with Crippen molar-refractivity contribution in [2.45, 2.75) is 39.2 Å². The van der Waals surface area contributed by atoms with E-state index in [1.165, 1.54) is 6.07 Å². The van der Waals surface area contributed by atoms with Crippen LogP contribution >= 0.6 is 23.2 Å². The third-order valence-corrected chi connectivity index (χ3v) is 4.31. The molecule has 0 aliphatic rings. The van der Waals surface area contributed by atoms with Gasteiger partial charge in [-0.2, -0.15) is 0 Å². The van der Waals surface area contributed by atoms with Crippen molar-refractivity contribution in [2.24, 2.45) is 5.92 Å². The van der Waals surface area contributed by atoms with E-state index in [0.29, 0.717) is 28.6 Å². The summed E-state index contributed by atoms with van der Waals surface area (Å²) < 4.78 is 10.8. The largest absolute Gasteiger partial charge is 0.545 e. The van der Waals surface area contributed by atoms with Crippen LogP contribution in [0.4, 0.5) is 0 Å². The van der Waals surface area contributed by atoms with Crippen LogP contribution in [0.5, 0.6) is 5.75 Å². The summed E-state index contributed by atoms with van der Waals surface area (Å²) in [5.41, 5.74) is 0.727. The summed E-state index contributed by atoms with van der Waals surface area (Å²) in [5, 5.41) is 11.1. The number of hydrogen-bond donors (Lipinski definition) is 1. The third kappa shape index (κ3) is 10.3. The molecule has 156 valence electrons. The van der Waals surface area contributed by atoms with Gasteiger partial charge in [0.1, 0.15) is 11.9 Å². The highest BCUT2D eigenvalue weighted by atomic mass is 35.5. The molecule has 0 aliphatic carbocycles. The van der Waals surface area contributed by atoms with Crippen molar-refractivity contribution in [2.75, 3.05) is 6.61 Å². The minimum Gasteiger partial charge on any atom is -0.545 e. The molecule has 6 nitrogen and oxygen atoms in total. The number of carboxylic acid groups (broad SMARTS) is 1. The fourth-order valence-electron chi connectivity index (χ4n) is 2.28. The van der Waals surface area contributed by atoms with Crippen molar-refractivity contribution >= 4 is 35.1 Å². The predicted molar refractivity (Wildman–Crippen MR) is 110 cm³/mol. The van der Waals surface area contributed by atoms with Gasteiger partial charge in [0.2, 0.25) is 0 Å². The summed E-state index contributed by atoms with van der Waals surface area (Å²) in [4.78, 5) is 22.4. The summed E-state index contributed by atoms with van der Waals surface area (Å²) in [5.74, 6) is -1.17. The Hall–Kier alpha value is -2.02. The SMILES string of the molecule is C=C(C)C(CCC(C)CC=CC(=O)[O-])OC(=O)COc1ccc(Cl)cc1Cl.[NH4+]. The van der Waals surface area contributed by atoms with Gasteiger partial charge in [-0.1, -0.05) is 42.8 Å². The Labute approximate surface area is 175 Å². The zero-order chi connectivity index (χ0) is 20.4. The van der Waals surface area contributed by atoms with Crippen LogP contribution in [0.2, 0.25) is 10.0 Å². The van der Waals surface area contributed by atoms with E-state index in [9.17, 15) is 14.7 Å². The summed E-state index contributed by atoms with van der Waals surface area (Å²) in [6.45, 7) is 7.35. The maximum absolute atomic E-state index is 12.1. The molecule has 0 fully saturated rings. The number of halogens is 2. The van der Waals surface area contributed by atoms with Crippen LogP contribution in [0, 0.1) is 5.92 Å². The van der Waals surface area contributed by atoms with Crippen molar-refractivity contribution in [1.82, 2.24) is 6.15 Å². The topological polar surface area (TPSA) is 112 Å². The summed E-state index contributed by atoms with van der Waals surface area (Å²) in [7, 11) is 0. The van der Waals surface area contributed by atoms with Gasteiger partial charge in [-0.05, 0) is 62.0 Å². The first-order valence-electron chi connectivity index (χ1n) is 8.49. The number of benzene rings is 1. The van der Waals surface area contributed by atoms with Crippen LogP contribution in [0.15, 0.2) is 42.5 Å². The zero-order valence-electron chi connectivity index (χ0n) is 16.4. The standard InChI is InChI=1S/C20H24Cl2O5.H3N/c1-13(2)17(9-7-14(3)5-4-6-19(23)24)27-20(25)12-26-18-10-8-15(21)11-16(18)22;/h4,6,8,10-11,14,17H,1,5,7,9,12H2,2-3H3,(H,23,24);1H3. The third-order valence-electron chi connectivity index (χ3n) is 3.78. The molecule has 0 radical (unpaired) electrons. The number of quaternary nitrogens is 1. The Kier molecular flexibility index (Phi) is 12.3. The molecule has 0 heterocycles. The molecule has 0 aliphatic heterocycles. The molecule has 1 aromatic carbocycles. The van der Waals surface area contributed by atoms with Gasteiger partial charge in [-0.3, -0.25) is 0 Å². The van der Waals surface area contributed by atoms with Crippen molar-refractivity contribution in [3.63, 3.8) is 0 Å². The lowest BCUT2D eigenvalue weighted by molar-refractivity contribution is -0.297. The Morgan fingerprint density at radius 2 is 1.96 bits per heavy atom. The number of ether oxygens (including phenoxy) is 2. The second-order valence-corrected chi connectivity index (χ2v) is 7.17. The number of hydrogen-bond acceptors (Lipinski definition) is 5. The number of aliphatic carboxylic acids is 1. The zero-order valence-corrected chi connectivity index (χ0v) is 17.9. The average Bonchev–Trinajstić information content (AvgIpc) is 2.57. The van der Waals surface area contributed by atoms with E-state index in [4.69, 9.17) is 32.7 Å². The van der Waals surface area contributed by atoms with Crippen LogP contribution in [0.3, 0.4) is 0 Å². The highest BCUT2D eigenvalue weighted by Crippen LogP contribution is 2.27. The maximum atomic E-state index is 12.1. The van der Waals surface area contributed by atoms with E-state index in [0.717, 1.165) is 18.1 Å². The molecule has 0 bridgehead atoms. The average molecular weight is 432 g/mol. The van der Waals surface area contributed by atoms with Crippen molar-refractivity contribution < 1.29 is 24.2 Å². The molecule has 0 aromatic heterocycles. The van der Waals surface area contributed by atoms with Crippen molar-refractivity contribution in [1.29, 1.82) is 0 Å². The quantitative estimate of drug-likeness (QED) is 0.317. The normalized spacial score (nSPS) is 12.7. The van der Waals surface area contributed by atoms with Crippen LogP contribution in [0.25, 0.3) is 0 Å². The fourth-order valence-corrected chi connectivity index (χ4v) is 2.74. The van der Waals surface area contributed by atoms with Crippen molar-refractivity contribution in [3.05, 3.63) is 52.5 Å². The highest BCUT2D eigenvalue weighted by molar-refractivity contribution is 6.35. The van der Waals surface area contributed by atoms with E-state index >= 15 is 0 Å². The maximum Gasteiger partial charge on any atom is 0.344 e. The molecular formula is C20H27Cl2NO5. The molecule has 0 amide bonds. The summed E-state index contributed by atoms with van der Waals surface area (Å²) >= 11 is 11.8. The molecular weight excluding hydrogens is 405 g/mol. The Morgan fingerprint density at radius 1 is 1.29 bits per heavy atom. The van der Waals surface area contributed by atoms with Gasteiger partial charge >= 0.3 is 5.97 Å². The second kappa shape index (κ2) is 13.2. The molecule has 2 atom stereocenters. The molecule has 0 saturated carbocycles. The van der Waals surface area contributed by atoms with E-state index in [1.807, 2.05) is 6.92 Å². The van der Waals surface area contributed by atoms with Crippen LogP contribution in [-0.4, -0.2) is 24.6 Å². The fraction of sp³-hybridized carbons (Fsp3) is 0.400. The highest BCUT2D eigenvalue weighted by Gasteiger charge is 2.17. The van der Waals surface area contributed by atoms with Gasteiger partial charge < -0.3 is 25.5 Å². The van der Waals surface area contributed by atoms with Crippen LogP contribution in [-0.2, 0) is 14.3 Å². The first-order chi connectivity index (χ1) is 12.7. The molecule has 4 N–H and O–H groups in total. The van der Waals surface area contributed by atoms with Gasteiger partial charge in [0, 0.05) is 5.02 Å². The van der Waals surface area contributed by atoms with Crippen LogP contribution < -0.4 is 16.0 Å². The lowest BCUT2D eigenvalue weighted by atomic mass is 9.97. The summed E-state index contributed by atoms with van der Waals surface area (Å²) in [6, 6.07) is 4.72. The van der Waals surface area contributed by atoms with E-state index in [-0.39, 0.29) is 18.7 Å². The monoisotopic (exact) mass is 431 g/mol. The van der Waals surface area contributed by atoms with E-state index < -0.39 is 18.0 Å². The van der Waals surface area contributed by atoms with E-state index in [1.54, 1.807) is 25.1 Å².